The van der Waals surface area contributed by atoms with Gasteiger partial charge in [-0.2, -0.15) is 12.7 Å². The van der Waals surface area contributed by atoms with Crippen molar-refractivity contribution in [3.8, 4) is 0 Å². The van der Waals surface area contributed by atoms with Crippen molar-refractivity contribution in [2.45, 2.75) is 33.4 Å². The highest BCUT2D eigenvalue weighted by Gasteiger charge is 2.32. The van der Waals surface area contributed by atoms with Gasteiger partial charge in [-0.25, -0.2) is 4.31 Å². The molecule has 2 aromatic rings. The van der Waals surface area contributed by atoms with Crippen LogP contribution in [-0.4, -0.2) is 62.7 Å². The zero-order chi connectivity index (χ0) is 24.6. The first-order chi connectivity index (χ1) is 15.5. The van der Waals surface area contributed by atoms with E-state index in [4.69, 9.17) is 0 Å². The molecule has 33 heavy (non-hydrogen) atoms. The van der Waals surface area contributed by atoms with E-state index in [1.165, 1.54) is 19.0 Å². The van der Waals surface area contributed by atoms with Gasteiger partial charge < -0.3 is 10.2 Å². The van der Waals surface area contributed by atoms with Crippen molar-refractivity contribution in [3.05, 3.63) is 66.2 Å². The highest BCUT2D eigenvalue weighted by atomic mass is 32.2. The molecule has 2 aromatic carbocycles. The van der Waals surface area contributed by atoms with Gasteiger partial charge in [-0.05, 0) is 30.5 Å². The molecule has 0 fully saturated rings. The smallest absolute Gasteiger partial charge is 0.304 e. The largest absolute Gasteiger partial charge is 0.354 e. The van der Waals surface area contributed by atoms with Crippen LogP contribution in [0.2, 0.25) is 0 Å². The van der Waals surface area contributed by atoms with Crippen LogP contribution < -0.4 is 9.62 Å². The Morgan fingerprint density at radius 3 is 1.97 bits per heavy atom. The third kappa shape index (κ3) is 7.30. The summed E-state index contributed by atoms with van der Waals surface area (Å²) < 4.78 is 28.2. The molecule has 0 aliphatic heterocycles. The van der Waals surface area contributed by atoms with Gasteiger partial charge in [0.2, 0.25) is 11.8 Å². The maximum atomic E-state index is 13.5. The molecular formula is C24H34N4O4S. The monoisotopic (exact) mass is 474 g/mol. The Balaban J connectivity index is 2.37. The summed E-state index contributed by atoms with van der Waals surface area (Å²) in [4.78, 5) is 27.7. The second kappa shape index (κ2) is 11.8. The van der Waals surface area contributed by atoms with E-state index in [-0.39, 0.29) is 18.4 Å². The quantitative estimate of drug-likeness (QED) is 0.542. The number of para-hydroxylation sites is 1. The third-order valence-electron chi connectivity index (χ3n) is 5.11. The molecule has 0 aliphatic rings. The summed E-state index contributed by atoms with van der Waals surface area (Å²) in [6, 6.07) is 17.0. The number of hydrogen-bond donors (Lipinski definition) is 1. The van der Waals surface area contributed by atoms with Crippen LogP contribution in [0.4, 0.5) is 5.69 Å². The van der Waals surface area contributed by atoms with Crippen LogP contribution in [0.15, 0.2) is 60.7 Å². The zero-order valence-electron chi connectivity index (χ0n) is 19.9. The lowest BCUT2D eigenvalue weighted by Gasteiger charge is -2.33. The van der Waals surface area contributed by atoms with Gasteiger partial charge in [0.25, 0.3) is 0 Å². The molecule has 9 heteroatoms. The first kappa shape index (κ1) is 26.3. The summed E-state index contributed by atoms with van der Waals surface area (Å²) >= 11 is 0. The predicted octanol–water partition coefficient (Wildman–Crippen LogP) is 2.49. The molecule has 0 spiro atoms. The first-order valence-corrected chi connectivity index (χ1v) is 12.3. The van der Waals surface area contributed by atoms with Gasteiger partial charge in [-0.3, -0.25) is 9.59 Å². The van der Waals surface area contributed by atoms with Gasteiger partial charge in [0.1, 0.15) is 12.6 Å². The van der Waals surface area contributed by atoms with Crippen molar-refractivity contribution in [1.29, 1.82) is 0 Å². The average molecular weight is 475 g/mol. The predicted molar refractivity (Wildman–Crippen MR) is 131 cm³/mol. The lowest BCUT2D eigenvalue weighted by Crippen LogP contribution is -2.52. The van der Waals surface area contributed by atoms with Crippen molar-refractivity contribution in [2.24, 2.45) is 5.92 Å². The van der Waals surface area contributed by atoms with Crippen molar-refractivity contribution >= 4 is 27.7 Å². The molecule has 0 saturated heterocycles. The van der Waals surface area contributed by atoms with Gasteiger partial charge in [0, 0.05) is 27.2 Å². The van der Waals surface area contributed by atoms with E-state index in [0.29, 0.717) is 12.2 Å². The van der Waals surface area contributed by atoms with Crippen LogP contribution in [0.1, 0.15) is 26.3 Å². The molecule has 1 atom stereocenters. The molecule has 180 valence electrons. The molecule has 1 unspecified atom stereocenters. The molecule has 0 heterocycles. The number of hydrogen-bond acceptors (Lipinski definition) is 4. The Hall–Kier alpha value is -2.91. The molecule has 2 rings (SSSR count). The van der Waals surface area contributed by atoms with Crippen LogP contribution in [0, 0.1) is 5.92 Å². The van der Waals surface area contributed by atoms with Crippen molar-refractivity contribution in [1.82, 2.24) is 14.5 Å². The number of nitrogens with zero attached hydrogens (tertiary/aromatic N) is 3. The highest BCUT2D eigenvalue weighted by molar-refractivity contribution is 7.90. The summed E-state index contributed by atoms with van der Waals surface area (Å²) in [5, 5.41) is 2.86. The van der Waals surface area contributed by atoms with Crippen LogP contribution in [0.5, 0.6) is 0 Å². The number of benzene rings is 2. The normalized spacial score (nSPS) is 12.5. The summed E-state index contributed by atoms with van der Waals surface area (Å²) in [6.45, 7) is 5.87. The van der Waals surface area contributed by atoms with Crippen LogP contribution in [0.3, 0.4) is 0 Å². The molecule has 1 N–H and O–H groups in total. The van der Waals surface area contributed by atoms with Gasteiger partial charge in [-0.1, -0.05) is 62.4 Å². The third-order valence-corrected chi connectivity index (χ3v) is 6.93. The summed E-state index contributed by atoms with van der Waals surface area (Å²) in [7, 11) is -1.11. The minimum absolute atomic E-state index is 0.181. The van der Waals surface area contributed by atoms with E-state index in [0.717, 1.165) is 14.2 Å². The lowest BCUT2D eigenvalue weighted by atomic mass is 10.1. The zero-order valence-corrected chi connectivity index (χ0v) is 20.7. The van der Waals surface area contributed by atoms with E-state index >= 15 is 0 Å². The number of nitrogens with one attached hydrogen (secondary N) is 1. The number of rotatable bonds is 11. The Morgan fingerprint density at radius 2 is 1.45 bits per heavy atom. The second-order valence-electron chi connectivity index (χ2n) is 8.45. The van der Waals surface area contributed by atoms with Gasteiger partial charge >= 0.3 is 10.2 Å². The Labute approximate surface area is 197 Å². The molecule has 8 nitrogen and oxygen atoms in total. The fourth-order valence-corrected chi connectivity index (χ4v) is 4.18. The van der Waals surface area contributed by atoms with Gasteiger partial charge in [-0.15, -0.1) is 0 Å². The van der Waals surface area contributed by atoms with E-state index < -0.39 is 28.7 Å². The number of carbonyl (C=O) groups excluding carboxylic acids is 2. The molecular weight excluding hydrogens is 440 g/mol. The van der Waals surface area contributed by atoms with Gasteiger partial charge in [0.15, 0.2) is 0 Å². The minimum atomic E-state index is -3.94. The molecule has 0 bridgehead atoms. The fraction of sp³-hybridized carbons (Fsp3) is 0.417. The van der Waals surface area contributed by atoms with E-state index in [2.05, 4.69) is 5.32 Å². The average Bonchev–Trinajstić information content (AvgIpc) is 2.79. The SMILES string of the molecule is CC(C)CNC(=O)C(C)N(Cc1ccccc1)C(=O)CN(c1ccccc1)S(=O)(=O)N(C)C. The molecule has 0 saturated carbocycles. The summed E-state index contributed by atoms with van der Waals surface area (Å²) in [5.41, 5.74) is 1.22. The summed E-state index contributed by atoms with van der Waals surface area (Å²) in [6.07, 6.45) is 0. The lowest BCUT2D eigenvalue weighted by molar-refractivity contribution is -0.139. The summed E-state index contributed by atoms with van der Waals surface area (Å²) in [5.74, 6) is -0.492. The molecule has 0 radical (unpaired) electrons. The van der Waals surface area contributed by atoms with Crippen LogP contribution >= 0.6 is 0 Å². The van der Waals surface area contributed by atoms with Crippen molar-refractivity contribution in [2.75, 3.05) is 31.5 Å². The van der Waals surface area contributed by atoms with Crippen LogP contribution in [-0.2, 0) is 26.3 Å². The number of anilines is 1. The number of carbonyl (C=O) groups is 2. The van der Waals surface area contributed by atoms with Crippen molar-refractivity contribution < 1.29 is 18.0 Å². The van der Waals surface area contributed by atoms with E-state index in [9.17, 15) is 18.0 Å². The standard InChI is InChI=1S/C24H34N4O4S/c1-19(2)16-25-24(30)20(3)27(17-21-12-8-6-9-13-21)23(29)18-28(33(31,32)26(4)5)22-14-10-7-11-15-22/h6-15,19-20H,16-18H2,1-5H3,(H,25,30). The Kier molecular flexibility index (Phi) is 9.43. The van der Waals surface area contributed by atoms with E-state index in [1.54, 1.807) is 37.3 Å². The molecule has 2 amide bonds. The maximum Gasteiger partial charge on any atom is 0.304 e. The highest BCUT2D eigenvalue weighted by Crippen LogP contribution is 2.20. The first-order valence-electron chi connectivity index (χ1n) is 10.9. The minimum Gasteiger partial charge on any atom is -0.354 e. The fourth-order valence-electron chi connectivity index (χ4n) is 3.13. The molecule has 0 aliphatic carbocycles. The second-order valence-corrected chi connectivity index (χ2v) is 10.5. The molecule has 0 aromatic heterocycles. The number of amides is 2. The maximum absolute atomic E-state index is 13.5. The topological polar surface area (TPSA) is 90.0 Å². The Morgan fingerprint density at radius 1 is 0.909 bits per heavy atom. The van der Waals surface area contributed by atoms with E-state index in [1.807, 2.05) is 44.2 Å². The Bertz CT molecular complexity index is 1010. The van der Waals surface area contributed by atoms with Gasteiger partial charge in [0.05, 0.1) is 5.69 Å². The van der Waals surface area contributed by atoms with Crippen LogP contribution in [0.25, 0.3) is 0 Å². The van der Waals surface area contributed by atoms with Crippen molar-refractivity contribution in [3.63, 3.8) is 0 Å².